The van der Waals surface area contributed by atoms with E-state index in [4.69, 9.17) is 4.63 Å². The number of hydrogen-bond acceptors (Lipinski definition) is 7. The molecule has 3 N–H and O–H groups in total. The Bertz CT molecular complexity index is 836. The second-order valence-electron chi connectivity index (χ2n) is 7.09. The molecule has 0 saturated heterocycles. The third-order valence-electron chi connectivity index (χ3n) is 4.47. The molecule has 0 saturated carbocycles. The molecule has 124 valence electrons. The molecule has 0 unspecified atom stereocenters. The number of aromatic hydroxyl groups is 1. The van der Waals surface area contributed by atoms with Crippen molar-refractivity contribution in [1.82, 2.24) is 10.3 Å². The normalized spacial score (nSPS) is 22.1. The predicted molar refractivity (Wildman–Crippen MR) is 87.4 cm³/mol. The summed E-state index contributed by atoms with van der Waals surface area (Å²) in [6.45, 7) is 4.15. The summed E-state index contributed by atoms with van der Waals surface area (Å²) in [7, 11) is 0. The van der Waals surface area contributed by atoms with Gasteiger partial charge in [0.15, 0.2) is 5.78 Å². The number of anilines is 2. The molecule has 1 atom stereocenters. The second kappa shape index (κ2) is 5.09. The van der Waals surface area contributed by atoms with E-state index in [2.05, 4.69) is 34.8 Å². The molecule has 1 aliphatic heterocycles. The monoisotopic (exact) mass is 326 g/mol. The van der Waals surface area contributed by atoms with E-state index in [1.165, 1.54) is 0 Å². The van der Waals surface area contributed by atoms with Gasteiger partial charge in [-0.25, -0.2) is 4.63 Å². The van der Waals surface area contributed by atoms with Crippen LogP contribution in [-0.2, 0) is 4.79 Å². The van der Waals surface area contributed by atoms with Crippen LogP contribution in [0.3, 0.4) is 0 Å². The molecule has 7 nitrogen and oxygen atoms in total. The molecule has 0 spiro atoms. The number of nitrogens with one attached hydrogen (secondary N) is 2. The van der Waals surface area contributed by atoms with Gasteiger partial charge in [0.25, 0.3) is 0 Å². The molecule has 1 aromatic heterocycles. The lowest BCUT2D eigenvalue weighted by atomic mass is 9.73. The van der Waals surface area contributed by atoms with Crippen LogP contribution in [0.1, 0.15) is 38.3 Å². The van der Waals surface area contributed by atoms with Crippen molar-refractivity contribution in [2.75, 3.05) is 10.6 Å². The minimum absolute atomic E-state index is 0.0985. The van der Waals surface area contributed by atoms with Crippen LogP contribution in [-0.4, -0.2) is 21.2 Å². The fraction of sp³-hybridized carbons (Fsp3) is 0.353. The number of fused-ring (bicyclic) bond motifs is 1. The zero-order valence-electron chi connectivity index (χ0n) is 13.5. The van der Waals surface area contributed by atoms with Crippen molar-refractivity contribution in [2.45, 2.75) is 32.7 Å². The number of carbonyl (C=O) groups is 1. The van der Waals surface area contributed by atoms with Crippen LogP contribution in [0.2, 0.25) is 0 Å². The molecule has 4 rings (SSSR count). The standard InChI is InChI=1S/C17H18N4O3/c1-17(2)7-11-13(12(23)8-17)14(9-3-5-10(22)6-4-9)19-16-15(18-11)20-24-21-16/h3-6,14,22H,7-8H2,1-2H3,(H,18,20)(H,19,21)/t14-/m1/s1. The summed E-state index contributed by atoms with van der Waals surface area (Å²) in [5, 5.41) is 23.8. The Morgan fingerprint density at radius 2 is 1.88 bits per heavy atom. The van der Waals surface area contributed by atoms with Crippen LogP contribution in [0.4, 0.5) is 11.6 Å². The zero-order chi connectivity index (χ0) is 16.9. The van der Waals surface area contributed by atoms with E-state index in [0.29, 0.717) is 23.6 Å². The fourth-order valence-electron chi connectivity index (χ4n) is 3.42. The van der Waals surface area contributed by atoms with E-state index in [1.807, 2.05) is 0 Å². The van der Waals surface area contributed by atoms with E-state index in [1.54, 1.807) is 24.3 Å². The van der Waals surface area contributed by atoms with Crippen LogP contribution in [0.15, 0.2) is 40.2 Å². The highest BCUT2D eigenvalue weighted by atomic mass is 16.6. The van der Waals surface area contributed by atoms with Gasteiger partial charge < -0.3 is 15.7 Å². The maximum absolute atomic E-state index is 12.9. The number of hydrogen-bond donors (Lipinski definition) is 3. The van der Waals surface area contributed by atoms with Gasteiger partial charge >= 0.3 is 0 Å². The van der Waals surface area contributed by atoms with E-state index < -0.39 is 0 Å². The number of carbonyl (C=O) groups excluding carboxylic acids is 1. The van der Waals surface area contributed by atoms with Crippen LogP contribution in [0.25, 0.3) is 0 Å². The highest BCUT2D eigenvalue weighted by molar-refractivity contribution is 6.00. The minimum Gasteiger partial charge on any atom is -0.508 e. The van der Waals surface area contributed by atoms with Gasteiger partial charge in [-0.3, -0.25) is 4.79 Å². The average Bonchev–Trinajstić information content (AvgIpc) is 2.86. The second-order valence-corrected chi connectivity index (χ2v) is 7.09. The third kappa shape index (κ3) is 2.42. The number of allylic oxidation sites excluding steroid dienone is 1. The van der Waals surface area contributed by atoms with Crippen molar-refractivity contribution in [3.63, 3.8) is 0 Å². The molecule has 0 radical (unpaired) electrons. The largest absolute Gasteiger partial charge is 0.508 e. The van der Waals surface area contributed by atoms with Crippen molar-refractivity contribution in [1.29, 1.82) is 0 Å². The molecular weight excluding hydrogens is 308 g/mol. The Morgan fingerprint density at radius 1 is 1.17 bits per heavy atom. The topological polar surface area (TPSA) is 100 Å². The number of ketones is 1. The zero-order valence-corrected chi connectivity index (χ0v) is 13.5. The van der Waals surface area contributed by atoms with Gasteiger partial charge in [-0.05, 0) is 39.8 Å². The molecule has 24 heavy (non-hydrogen) atoms. The number of Topliss-reactive ketones (excluding diaryl/α,β-unsaturated/α-hetero) is 1. The highest BCUT2D eigenvalue weighted by Crippen LogP contribution is 2.44. The molecule has 0 fully saturated rings. The first-order chi connectivity index (χ1) is 11.4. The Labute approximate surface area is 138 Å². The lowest BCUT2D eigenvalue weighted by Crippen LogP contribution is -2.31. The highest BCUT2D eigenvalue weighted by Gasteiger charge is 2.39. The number of rotatable bonds is 1. The Kier molecular flexibility index (Phi) is 3.13. The molecular formula is C17H18N4O3. The summed E-state index contributed by atoms with van der Waals surface area (Å²) >= 11 is 0. The van der Waals surface area contributed by atoms with Crippen molar-refractivity contribution < 1.29 is 14.5 Å². The van der Waals surface area contributed by atoms with Crippen LogP contribution in [0.5, 0.6) is 5.75 Å². The van der Waals surface area contributed by atoms with Crippen LogP contribution < -0.4 is 10.6 Å². The minimum atomic E-state index is -0.371. The number of phenols is 1. The summed E-state index contributed by atoms with van der Waals surface area (Å²) in [5.41, 5.74) is 2.28. The van der Waals surface area contributed by atoms with Crippen LogP contribution >= 0.6 is 0 Å². The fourth-order valence-corrected chi connectivity index (χ4v) is 3.42. The van der Waals surface area contributed by atoms with Crippen molar-refractivity contribution in [2.24, 2.45) is 5.41 Å². The molecule has 1 aromatic carbocycles. The van der Waals surface area contributed by atoms with E-state index in [9.17, 15) is 9.90 Å². The van der Waals surface area contributed by atoms with E-state index in [0.717, 1.165) is 17.7 Å². The molecule has 2 aliphatic rings. The quantitative estimate of drug-likeness (QED) is 0.740. The van der Waals surface area contributed by atoms with Crippen LogP contribution in [0, 0.1) is 5.41 Å². The Morgan fingerprint density at radius 3 is 2.62 bits per heavy atom. The third-order valence-corrected chi connectivity index (χ3v) is 4.47. The number of benzene rings is 1. The molecule has 7 heteroatoms. The average molecular weight is 326 g/mol. The van der Waals surface area contributed by atoms with E-state index >= 15 is 0 Å². The summed E-state index contributed by atoms with van der Waals surface area (Å²) in [4.78, 5) is 12.9. The van der Waals surface area contributed by atoms with Gasteiger partial charge in [0.1, 0.15) is 5.75 Å². The SMILES string of the molecule is CC1(C)CC(=O)C2=C(C1)Nc1nonc1N[C@@H]2c1ccc(O)cc1. The molecule has 2 heterocycles. The van der Waals surface area contributed by atoms with Gasteiger partial charge in [0.05, 0.1) is 6.04 Å². The number of phenolic OH excluding ortho intramolecular Hbond substituents is 1. The van der Waals surface area contributed by atoms with Crippen molar-refractivity contribution in [3.8, 4) is 5.75 Å². The first kappa shape index (κ1) is 14.7. The van der Waals surface area contributed by atoms with Gasteiger partial charge in [-0.1, -0.05) is 26.0 Å². The molecule has 2 aromatic rings. The first-order valence-electron chi connectivity index (χ1n) is 7.84. The van der Waals surface area contributed by atoms with Gasteiger partial charge in [-0.15, -0.1) is 0 Å². The number of aromatic nitrogens is 2. The molecule has 1 aliphatic carbocycles. The predicted octanol–water partition coefficient (Wildman–Crippen LogP) is 3.00. The van der Waals surface area contributed by atoms with E-state index in [-0.39, 0.29) is 23.0 Å². The Hall–Kier alpha value is -2.83. The first-order valence-corrected chi connectivity index (χ1v) is 7.84. The Balaban J connectivity index is 1.86. The van der Waals surface area contributed by atoms with Gasteiger partial charge in [-0.2, -0.15) is 0 Å². The van der Waals surface area contributed by atoms with Gasteiger partial charge in [0.2, 0.25) is 11.6 Å². The summed E-state index contributed by atoms with van der Waals surface area (Å²) in [6.07, 6.45) is 1.22. The lowest BCUT2D eigenvalue weighted by Gasteiger charge is -2.33. The smallest absolute Gasteiger partial charge is 0.219 e. The summed E-state index contributed by atoms with van der Waals surface area (Å²) in [5.74, 6) is 1.23. The van der Waals surface area contributed by atoms with Crippen molar-refractivity contribution in [3.05, 3.63) is 41.1 Å². The summed E-state index contributed by atoms with van der Waals surface area (Å²) < 4.78 is 4.81. The van der Waals surface area contributed by atoms with Gasteiger partial charge in [0, 0.05) is 17.7 Å². The molecule has 0 bridgehead atoms. The lowest BCUT2D eigenvalue weighted by molar-refractivity contribution is -0.118. The maximum Gasteiger partial charge on any atom is 0.219 e. The maximum atomic E-state index is 12.9. The summed E-state index contributed by atoms with van der Waals surface area (Å²) in [6, 6.07) is 6.43. The number of nitrogens with zero attached hydrogens (tertiary/aromatic N) is 2. The van der Waals surface area contributed by atoms with Crippen molar-refractivity contribution >= 4 is 17.4 Å². The molecule has 0 amide bonds.